The molecule has 9 heteroatoms. The lowest BCUT2D eigenvalue weighted by atomic mass is 9.94. The molecule has 3 rings (SSSR count). The molecule has 4 atom stereocenters. The van der Waals surface area contributed by atoms with E-state index in [1.54, 1.807) is 34.1 Å². The Balaban J connectivity index is 1.73. The van der Waals surface area contributed by atoms with E-state index in [1.165, 1.54) is 0 Å². The highest BCUT2D eigenvalue weighted by atomic mass is 16.6. The van der Waals surface area contributed by atoms with Crippen molar-refractivity contribution >= 4 is 23.2 Å². The van der Waals surface area contributed by atoms with E-state index in [9.17, 15) is 15.0 Å². The summed E-state index contributed by atoms with van der Waals surface area (Å²) in [5, 5.41) is 22.1. The topological polar surface area (TPSA) is 123 Å². The first kappa shape index (κ1) is 24.9. The molecule has 1 saturated heterocycles. The van der Waals surface area contributed by atoms with E-state index < -0.39 is 23.9 Å². The van der Waals surface area contributed by atoms with Crippen LogP contribution in [0.2, 0.25) is 0 Å². The number of para-hydroxylation sites is 1. The van der Waals surface area contributed by atoms with Gasteiger partial charge in [0.05, 0.1) is 55.3 Å². The number of alkyl carbamates (subject to hydrolysis) is 1. The Morgan fingerprint density at radius 3 is 2.85 bits per heavy atom. The predicted molar refractivity (Wildman–Crippen MR) is 124 cm³/mol. The van der Waals surface area contributed by atoms with Crippen molar-refractivity contribution in [2.24, 2.45) is 0 Å². The molecular formula is C24H33N3O6. The molecule has 1 aromatic carbocycles. The predicted octanol–water partition coefficient (Wildman–Crippen LogP) is 2.84. The van der Waals surface area contributed by atoms with E-state index in [0.29, 0.717) is 18.7 Å². The third-order valence-corrected chi connectivity index (χ3v) is 5.26. The second-order valence-corrected chi connectivity index (χ2v) is 9.10. The lowest BCUT2D eigenvalue weighted by molar-refractivity contribution is -0.0728. The van der Waals surface area contributed by atoms with Crippen LogP contribution in [-0.4, -0.2) is 69.9 Å². The summed E-state index contributed by atoms with van der Waals surface area (Å²) in [5.41, 5.74) is 1.74. The highest BCUT2D eigenvalue weighted by Gasteiger charge is 2.33. The van der Waals surface area contributed by atoms with E-state index >= 15 is 0 Å². The molecule has 1 fully saturated rings. The highest BCUT2D eigenvalue weighted by molar-refractivity contribution is 5.84. The van der Waals surface area contributed by atoms with Gasteiger partial charge < -0.3 is 29.7 Å². The summed E-state index contributed by atoms with van der Waals surface area (Å²) in [7, 11) is 1.55. The van der Waals surface area contributed by atoms with Gasteiger partial charge in [-0.15, -0.1) is 0 Å². The van der Waals surface area contributed by atoms with Crippen molar-refractivity contribution in [3.8, 4) is 5.88 Å². The van der Waals surface area contributed by atoms with Crippen LogP contribution in [0, 0.1) is 0 Å². The number of aromatic nitrogens is 2. The number of aliphatic hydroxyl groups is 2. The third-order valence-electron chi connectivity index (χ3n) is 5.26. The van der Waals surface area contributed by atoms with Crippen LogP contribution in [0.5, 0.6) is 5.88 Å². The molecule has 1 aromatic heterocycles. The minimum Gasteiger partial charge on any atom is -0.480 e. The van der Waals surface area contributed by atoms with Crippen LogP contribution in [0.3, 0.4) is 0 Å². The molecule has 0 aliphatic carbocycles. The average Bonchev–Trinajstić information content (AvgIpc) is 2.77. The lowest BCUT2D eigenvalue weighted by Gasteiger charge is -2.37. The van der Waals surface area contributed by atoms with Crippen molar-refractivity contribution in [2.75, 3.05) is 13.7 Å². The van der Waals surface area contributed by atoms with E-state index in [0.717, 1.165) is 16.6 Å². The number of methoxy groups -OCH3 is 1. The largest absolute Gasteiger partial charge is 0.480 e. The number of fused-ring (bicyclic) bond motifs is 1. The van der Waals surface area contributed by atoms with Gasteiger partial charge in [0.25, 0.3) is 0 Å². The Labute approximate surface area is 193 Å². The lowest BCUT2D eigenvalue weighted by Crippen LogP contribution is -2.51. The number of nitrogens with zero attached hydrogens (tertiary/aromatic N) is 2. The zero-order valence-corrected chi connectivity index (χ0v) is 19.5. The summed E-state index contributed by atoms with van der Waals surface area (Å²) in [4.78, 5) is 21.1. The number of carbonyl (C=O) groups is 1. The minimum atomic E-state index is -0.943. The van der Waals surface area contributed by atoms with Crippen molar-refractivity contribution in [1.82, 2.24) is 15.3 Å². The molecule has 2 aromatic rings. The second-order valence-electron chi connectivity index (χ2n) is 9.10. The molecule has 1 aliphatic rings. The SMILES string of the molecule is COc1cnc2cccc(C=C[C@@H]3CC[C@@H](NC(=O)OC(C)(C)C)[C@@H](CC(O)CO)O3)c2n1. The zero-order chi connectivity index (χ0) is 24.0. The van der Waals surface area contributed by atoms with Gasteiger partial charge in [0.15, 0.2) is 0 Å². The van der Waals surface area contributed by atoms with E-state index in [4.69, 9.17) is 14.2 Å². The molecule has 33 heavy (non-hydrogen) atoms. The van der Waals surface area contributed by atoms with Gasteiger partial charge in [-0.05, 0) is 39.7 Å². The number of amides is 1. The summed E-state index contributed by atoms with van der Waals surface area (Å²) in [6, 6.07) is 5.40. The second kappa shape index (κ2) is 10.9. The Morgan fingerprint density at radius 1 is 1.36 bits per heavy atom. The highest BCUT2D eigenvalue weighted by Crippen LogP contribution is 2.26. The maximum absolute atomic E-state index is 12.3. The van der Waals surface area contributed by atoms with Gasteiger partial charge in [-0.25, -0.2) is 14.8 Å². The molecule has 9 nitrogen and oxygen atoms in total. The zero-order valence-electron chi connectivity index (χ0n) is 19.5. The normalized spacial score (nSPS) is 22.3. The molecule has 3 N–H and O–H groups in total. The van der Waals surface area contributed by atoms with Crippen molar-refractivity contribution in [3.05, 3.63) is 36.0 Å². The van der Waals surface area contributed by atoms with Gasteiger partial charge in [0.2, 0.25) is 5.88 Å². The number of nitrogens with one attached hydrogen (secondary N) is 1. The molecule has 2 heterocycles. The molecule has 1 amide bonds. The third kappa shape index (κ3) is 7.12. The Kier molecular flexibility index (Phi) is 8.23. The van der Waals surface area contributed by atoms with Gasteiger partial charge in [0.1, 0.15) is 5.60 Å². The molecule has 1 unspecified atom stereocenters. The maximum atomic E-state index is 12.3. The van der Waals surface area contributed by atoms with E-state index in [2.05, 4.69) is 15.3 Å². The average molecular weight is 460 g/mol. The quantitative estimate of drug-likeness (QED) is 0.578. The first-order chi connectivity index (χ1) is 15.7. The summed E-state index contributed by atoms with van der Waals surface area (Å²) in [6.45, 7) is 5.01. The van der Waals surface area contributed by atoms with Gasteiger partial charge >= 0.3 is 6.09 Å². The molecule has 180 valence electrons. The number of aliphatic hydroxyl groups excluding tert-OH is 2. The van der Waals surface area contributed by atoms with Crippen molar-refractivity contribution < 1.29 is 29.2 Å². The number of benzene rings is 1. The fraction of sp³-hybridized carbons (Fsp3) is 0.542. The van der Waals surface area contributed by atoms with Crippen molar-refractivity contribution in [3.63, 3.8) is 0 Å². The first-order valence-electron chi connectivity index (χ1n) is 11.1. The molecule has 0 radical (unpaired) electrons. The molecule has 1 aliphatic heterocycles. The van der Waals surface area contributed by atoms with Crippen LogP contribution in [0.4, 0.5) is 4.79 Å². The van der Waals surface area contributed by atoms with Crippen LogP contribution in [0.15, 0.2) is 30.5 Å². The van der Waals surface area contributed by atoms with E-state index in [-0.39, 0.29) is 25.2 Å². The smallest absolute Gasteiger partial charge is 0.407 e. The van der Waals surface area contributed by atoms with Gasteiger partial charge in [-0.3, -0.25) is 0 Å². The summed E-state index contributed by atoms with van der Waals surface area (Å²) < 4.78 is 16.7. The number of hydrogen-bond donors (Lipinski definition) is 3. The fourth-order valence-electron chi connectivity index (χ4n) is 3.73. The van der Waals surface area contributed by atoms with Crippen molar-refractivity contribution in [1.29, 1.82) is 0 Å². The van der Waals surface area contributed by atoms with Gasteiger partial charge in [-0.2, -0.15) is 0 Å². The molecule has 0 bridgehead atoms. The molecule has 0 spiro atoms. The minimum absolute atomic E-state index is 0.193. The monoisotopic (exact) mass is 459 g/mol. The summed E-state index contributed by atoms with van der Waals surface area (Å²) in [6.07, 6.45) is 4.77. The number of rotatable bonds is 7. The van der Waals surface area contributed by atoms with Crippen LogP contribution >= 0.6 is 0 Å². The number of hydrogen-bond acceptors (Lipinski definition) is 8. The number of ether oxygens (including phenoxy) is 3. The van der Waals surface area contributed by atoms with Crippen LogP contribution in [-0.2, 0) is 9.47 Å². The Morgan fingerprint density at radius 2 is 2.15 bits per heavy atom. The number of carbonyl (C=O) groups excluding carboxylic acids is 1. The molecular weight excluding hydrogens is 426 g/mol. The Bertz CT molecular complexity index is 974. The van der Waals surface area contributed by atoms with Crippen LogP contribution in [0.25, 0.3) is 17.1 Å². The first-order valence-corrected chi connectivity index (χ1v) is 11.1. The summed E-state index contributed by atoms with van der Waals surface area (Å²) >= 11 is 0. The van der Waals surface area contributed by atoms with E-state index in [1.807, 2.05) is 30.4 Å². The van der Waals surface area contributed by atoms with Gasteiger partial charge in [0, 0.05) is 12.0 Å². The standard InChI is InChI=1S/C24H33N3O6/c1-24(2,3)33-23(30)26-18-11-10-17(32-20(18)12-16(29)14-28)9-8-15-6-5-7-19-22(15)27-21(31-4)13-25-19/h5-9,13,16-18,20,28-29H,10-12,14H2,1-4H3,(H,26,30)/t16?,17-,18-,20-/m1/s1. The Hall–Kier alpha value is -2.75. The van der Waals surface area contributed by atoms with Crippen LogP contribution in [0.1, 0.15) is 45.6 Å². The van der Waals surface area contributed by atoms with Crippen molar-refractivity contribution in [2.45, 2.75) is 70.0 Å². The van der Waals surface area contributed by atoms with Gasteiger partial charge in [-0.1, -0.05) is 24.3 Å². The molecule has 0 saturated carbocycles. The fourth-order valence-corrected chi connectivity index (χ4v) is 3.73. The summed E-state index contributed by atoms with van der Waals surface area (Å²) in [5.74, 6) is 0.436. The maximum Gasteiger partial charge on any atom is 0.407 e. The van der Waals surface area contributed by atoms with Crippen LogP contribution < -0.4 is 10.1 Å².